The molecule has 2 aliphatic heterocycles. The number of primary amides is 1. The zero-order chi connectivity index (χ0) is 22.3. The molecule has 33 heavy (non-hydrogen) atoms. The predicted molar refractivity (Wildman–Crippen MR) is 145 cm³/mol. The molecule has 2 saturated heterocycles. The van der Waals surface area contributed by atoms with Gasteiger partial charge < -0.3 is 21.3 Å². The summed E-state index contributed by atoms with van der Waals surface area (Å²) in [6, 6.07) is 10.0. The molecule has 2 heterocycles. The Morgan fingerprint density at radius 3 is 2.58 bits per heavy atom. The minimum atomic E-state index is -0.167. The third-order valence-corrected chi connectivity index (χ3v) is 7.00. The van der Waals surface area contributed by atoms with Crippen molar-refractivity contribution in [2.24, 2.45) is 16.6 Å². The zero-order valence-corrected chi connectivity index (χ0v) is 22.3. The van der Waals surface area contributed by atoms with Gasteiger partial charge in [-0.25, -0.2) is 4.99 Å². The topological polar surface area (TPSA) is 86.0 Å². The second-order valence-corrected chi connectivity index (χ2v) is 9.68. The molecule has 184 valence electrons. The van der Waals surface area contributed by atoms with Crippen molar-refractivity contribution >= 4 is 35.8 Å². The van der Waals surface area contributed by atoms with Crippen LogP contribution in [0, 0.1) is 5.92 Å². The fourth-order valence-corrected chi connectivity index (χ4v) is 5.05. The van der Waals surface area contributed by atoms with Gasteiger partial charge in [-0.1, -0.05) is 24.3 Å². The monoisotopic (exact) mass is 568 g/mol. The molecule has 1 aromatic carbocycles. The number of rotatable bonds is 8. The Balaban J connectivity index is 0.00000306. The van der Waals surface area contributed by atoms with Crippen LogP contribution in [0.3, 0.4) is 0 Å². The van der Waals surface area contributed by atoms with Gasteiger partial charge in [0.1, 0.15) is 0 Å². The Labute approximate surface area is 216 Å². The van der Waals surface area contributed by atoms with Crippen LogP contribution >= 0.6 is 24.0 Å². The van der Waals surface area contributed by atoms with E-state index in [2.05, 4.69) is 51.6 Å². The molecule has 0 aromatic heterocycles. The van der Waals surface area contributed by atoms with E-state index in [0.29, 0.717) is 12.6 Å². The number of nitrogens with zero attached hydrogens (tertiary/aromatic N) is 3. The molecule has 1 aromatic rings. The number of nitrogens with one attached hydrogen (secondary N) is 2. The number of nitrogens with two attached hydrogens (primary N) is 1. The summed E-state index contributed by atoms with van der Waals surface area (Å²) < 4.78 is 0. The van der Waals surface area contributed by atoms with Crippen LogP contribution in [0.5, 0.6) is 0 Å². The van der Waals surface area contributed by atoms with Gasteiger partial charge >= 0.3 is 0 Å². The van der Waals surface area contributed by atoms with E-state index in [9.17, 15) is 4.79 Å². The van der Waals surface area contributed by atoms with E-state index >= 15 is 0 Å². The highest BCUT2D eigenvalue weighted by Crippen LogP contribution is 2.29. The number of piperidine rings is 2. The van der Waals surface area contributed by atoms with Gasteiger partial charge in [0, 0.05) is 44.8 Å². The average Bonchev–Trinajstić information content (AvgIpc) is 3.64. The van der Waals surface area contributed by atoms with Crippen molar-refractivity contribution in [2.75, 3.05) is 32.7 Å². The zero-order valence-electron chi connectivity index (χ0n) is 20.0. The highest BCUT2D eigenvalue weighted by Gasteiger charge is 2.32. The molecule has 0 bridgehead atoms. The van der Waals surface area contributed by atoms with Gasteiger partial charge in [-0.05, 0) is 63.1 Å². The number of likely N-dealkylation sites (tertiary alicyclic amines) is 2. The summed E-state index contributed by atoms with van der Waals surface area (Å²) in [5.41, 5.74) is 8.02. The quantitative estimate of drug-likeness (QED) is 0.255. The van der Waals surface area contributed by atoms with E-state index in [1.807, 2.05) is 0 Å². The molecule has 1 unspecified atom stereocenters. The van der Waals surface area contributed by atoms with Crippen LogP contribution in [0.4, 0.5) is 0 Å². The molecule has 8 heteroatoms. The highest BCUT2D eigenvalue weighted by molar-refractivity contribution is 14.0. The predicted octanol–water partition coefficient (Wildman–Crippen LogP) is 2.68. The number of carbonyl (C=O) groups excluding carboxylic acids is 1. The Hall–Kier alpha value is -1.39. The lowest BCUT2D eigenvalue weighted by Gasteiger charge is -2.33. The normalized spacial score (nSPS) is 23.1. The first-order valence-corrected chi connectivity index (χ1v) is 12.5. The lowest BCUT2D eigenvalue weighted by atomic mass is 9.97. The lowest BCUT2D eigenvalue weighted by Crippen LogP contribution is -2.49. The van der Waals surface area contributed by atoms with E-state index in [1.165, 1.54) is 49.9 Å². The number of hydrogen-bond acceptors (Lipinski definition) is 4. The van der Waals surface area contributed by atoms with Crippen LogP contribution < -0.4 is 16.4 Å². The molecule has 3 aliphatic rings. The van der Waals surface area contributed by atoms with Gasteiger partial charge in [0.05, 0.1) is 12.5 Å². The first kappa shape index (κ1) is 26.2. The lowest BCUT2D eigenvalue weighted by molar-refractivity contribution is -0.123. The molecule has 4 rings (SSSR count). The van der Waals surface area contributed by atoms with E-state index in [0.717, 1.165) is 51.0 Å². The molecular weight excluding hydrogens is 527 g/mol. The molecule has 1 atom stereocenters. The summed E-state index contributed by atoms with van der Waals surface area (Å²) in [7, 11) is 0. The summed E-state index contributed by atoms with van der Waals surface area (Å²) >= 11 is 0. The number of aliphatic imine (C=N–C) groups is 1. The number of halogens is 1. The molecular formula is C25H41IN6O. The number of hydrogen-bond donors (Lipinski definition) is 3. The van der Waals surface area contributed by atoms with Gasteiger partial charge in [0.25, 0.3) is 0 Å². The Kier molecular flexibility index (Phi) is 10.2. The van der Waals surface area contributed by atoms with E-state index in [4.69, 9.17) is 10.7 Å². The SMILES string of the molecule is CCNC(=NCc1cccc(CN2CCCC(C(N)=O)C2)c1)NC1CCN(C2CC2)CC1.I. The molecule has 7 nitrogen and oxygen atoms in total. The van der Waals surface area contributed by atoms with Crippen molar-refractivity contribution in [2.45, 2.75) is 70.6 Å². The number of carbonyl (C=O) groups is 1. The summed E-state index contributed by atoms with van der Waals surface area (Å²) in [6.45, 7) is 8.71. The fourth-order valence-electron chi connectivity index (χ4n) is 5.05. The third kappa shape index (κ3) is 8.10. The van der Waals surface area contributed by atoms with Gasteiger partial charge in [-0.2, -0.15) is 0 Å². The Morgan fingerprint density at radius 1 is 1.12 bits per heavy atom. The maximum Gasteiger partial charge on any atom is 0.221 e. The van der Waals surface area contributed by atoms with E-state index < -0.39 is 0 Å². The van der Waals surface area contributed by atoms with Crippen molar-refractivity contribution in [1.82, 2.24) is 20.4 Å². The first-order chi connectivity index (χ1) is 15.6. The van der Waals surface area contributed by atoms with Crippen molar-refractivity contribution in [1.29, 1.82) is 0 Å². The first-order valence-electron chi connectivity index (χ1n) is 12.5. The summed E-state index contributed by atoms with van der Waals surface area (Å²) in [4.78, 5) is 21.4. The highest BCUT2D eigenvalue weighted by atomic mass is 127. The second kappa shape index (κ2) is 12.9. The molecule has 0 spiro atoms. The van der Waals surface area contributed by atoms with Crippen LogP contribution in [0.25, 0.3) is 0 Å². The minimum Gasteiger partial charge on any atom is -0.369 e. The smallest absolute Gasteiger partial charge is 0.221 e. The standard InChI is InChI=1S/C25H40N6O.HI/c1-2-27-25(29-22-10-13-31(14-11-22)23-8-9-23)28-16-19-5-3-6-20(15-19)17-30-12-4-7-21(18-30)24(26)32;/h3,5-6,15,21-23H,2,4,7-14,16-18H2,1H3,(H2,26,32)(H2,27,28,29);1H. The Morgan fingerprint density at radius 2 is 1.88 bits per heavy atom. The summed E-state index contributed by atoms with van der Waals surface area (Å²) in [5.74, 6) is 0.740. The molecule has 3 fully saturated rings. The molecule has 0 radical (unpaired) electrons. The van der Waals surface area contributed by atoms with Crippen LogP contribution in [0.15, 0.2) is 29.3 Å². The number of amides is 1. The van der Waals surface area contributed by atoms with Crippen molar-refractivity contribution in [3.8, 4) is 0 Å². The fraction of sp³-hybridized carbons (Fsp3) is 0.680. The van der Waals surface area contributed by atoms with E-state index in [1.54, 1.807) is 0 Å². The van der Waals surface area contributed by atoms with Crippen LogP contribution in [-0.2, 0) is 17.9 Å². The minimum absolute atomic E-state index is 0. The molecule has 1 aliphatic carbocycles. The van der Waals surface area contributed by atoms with Gasteiger partial charge in [0.15, 0.2) is 5.96 Å². The summed E-state index contributed by atoms with van der Waals surface area (Å²) in [6.07, 6.45) is 7.13. The van der Waals surface area contributed by atoms with Gasteiger partial charge in [-0.3, -0.25) is 9.69 Å². The third-order valence-electron chi connectivity index (χ3n) is 7.00. The maximum atomic E-state index is 11.6. The van der Waals surface area contributed by atoms with Crippen molar-refractivity contribution in [3.05, 3.63) is 35.4 Å². The van der Waals surface area contributed by atoms with Crippen molar-refractivity contribution in [3.63, 3.8) is 0 Å². The number of guanidine groups is 1. The Bertz CT molecular complexity index is 791. The van der Waals surface area contributed by atoms with E-state index in [-0.39, 0.29) is 35.8 Å². The van der Waals surface area contributed by atoms with Gasteiger partial charge in [-0.15, -0.1) is 24.0 Å². The number of benzene rings is 1. The van der Waals surface area contributed by atoms with Crippen LogP contribution in [-0.4, -0.2) is 66.5 Å². The molecule has 1 amide bonds. The van der Waals surface area contributed by atoms with Crippen LogP contribution in [0.2, 0.25) is 0 Å². The average molecular weight is 569 g/mol. The second-order valence-electron chi connectivity index (χ2n) is 9.68. The largest absolute Gasteiger partial charge is 0.369 e. The summed E-state index contributed by atoms with van der Waals surface area (Å²) in [5, 5.41) is 7.08. The van der Waals surface area contributed by atoms with Gasteiger partial charge in [0.2, 0.25) is 5.91 Å². The maximum absolute atomic E-state index is 11.6. The van der Waals surface area contributed by atoms with Crippen LogP contribution in [0.1, 0.15) is 56.6 Å². The van der Waals surface area contributed by atoms with Crippen molar-refractivity contribution < 1.29 is 4.79 Å². The molecule has 4 N–H and O–H groups in total. The molecule has 1 saturated carbocycles.